The minimum atomic E-state index is -0.0423. The Labute approximate surface area is 113 Å². The highest BCUT2D eigenvalue weighted by Crippen LogP contribution is 2.27. The Morgan fingerprint density at radius 1 is 1.44 bits per heavy atom. The van der Waals surface area contributed by atoms with Crippen molar-refractivity contribution in [2.75, 3.05) is 7.11 Å². The number of methoxy groups -OCH3 is 1. The van der Waals surface area contributed by atoms with Crippen LogP contribution in [0.25, 0.3) is 0 Å². The zero-order chi connectivity index (χ0) is 13.0. The van der Waals surface area contributed by atoms with E-state index < -0.39 is 0 Å². The molecule has 0 aliphatic heterocycles. The fourth-order valence-electron chi connectivity index (χ4n) is 2.63. The van der Waals surface area contributed by atoms with Gasteiger partial charge in [-0.25, -0.2) is 0 Å². The molecule has 1 N–H and O–H groups in total. The number of carbonyl (C=O) groups excluding carboxylic acids is 1. The molecule has 1 aromatic heterocycles. The highest BCUT2D eigenvalue weighted by Gasteiger charge is 2.27. The molecule has 0 saturated heterocycles. The summed E-state index contributed by atoms with van der Waals surface area (Å²) in [5.74, 6) is 0.0730. The van der Waals surface area contributed by atoms with Gasteiger partial charge in [-0.15, -0.1) is 0 Å². The van der Waals surface area contributed by atoms with Crippen LogP contribution in [0.15, 0.2) is 16.8 Å². The lowest BCUT2D eigenvalue weighted by Gasteiger charge is -2.29. The summed E-state index contributed by atoms with van der Waals surface area (Å²) in [5.41, 5.74) is 1.36. The van der Waals surface area contributed by atoms with Gasteiger partial charge in [0, 0.05) is 12.1 Å². The van der Waals surface area contributed by atoms with E-state index >= 15 is 0 Å². The number of esters is 1. The molecule has 18 heavy (non-hydrogen) atoms. The molecule has 0 radical (unpaired) electrons. The maximum atomic E-state index is 11.4. The third-order valence-electron chi connectivity index (χ3n) is 3.79. The maximum Gasteiger partial charge on any atom is 0.308 e. The Morgan fingerprint density at radius 3 is 2.72 bits per heavy atom. The lowest BCUT2D eigenvalue weighted by molar-refractivity contribution is -0.146. The molecule has 0 amide bonds. The average Bonchev–Trinajstić information content (AvgIpc) is 2.92. The highest BCUT2D eigenvalue weighted by atomic mass is 32.1. The molecule has 3 nitrogen and oxygen atoms in total. The third-order valence-corrected chi connectivity index (χ3v) is 4.49. The van der Waals surface area contributed by atoms with Gasteiger partial charge in [-0.05, 0) is 55.0 Å². The molecule has 4 heteroatoms. The van der Waals surface area contributed by atoms with Crippen LogP contribution in [0.5, 0.6) is 0 Å². The summed E-state index contributed by atoms with van der Waals surface area (Å²) in [6.45, 7) is 2.20. The van der Waals surface area contributed by atoms with Crippen molar-refractivity contribution in [1.29, 1.82) is 0 Å². The summed E-state index contributed by atoms with van der Waals surface area (Å²) in [6, 6.07) is 3.10. The second kappa shape index (κ2) is 6.34. The minimum absolute atomic E-state index is 0.0423. The first-order chi connectivity index (χ1) is 8.70. The van der Waals surface area contributed by atoms with E-state index in [-0.39, 0.29) is 11.9 Å². The third kappa shape index (κ3) is 3.33. The predicted molar refractivity (Wildman–Crippen MR) is 73.6 cm³/mol. The summed E-state index contributed by atoms with van der Waals surface area (Å²) in [6.07, 6.45) is 4.02. The quantitative estimate of drug-likeness (QED) is 0.852. The number of hydrogen-bond acceptors (Lipinski definition) is 4. The molecule has 1 fully saturated rings. The SMILES string of the molecule is COC(=O)C1CCC(NC(C)c2ccsc2)CC1. The van der Waals surface area contributed by atoms with Crippen LogP contribution >= 0.6 is 11.3 Å². The fraction of sp³-hybridized carbons (Fsp3) is 0.643. The Bertz CT molecular complexity index is 369. The predicted octanol–water partition coefficient (Wildman–Crippen LogP) is 3.13. The Kier molecular flexibility index (Phi) is 4.78. The molecule has 1 unspecified atom stereocenters. The molecule has 2 rings (SSSR count). The van der Waals surface area contributed by atoms with Crippen molar-refractivity contribution >= 4 is 17.3 Å². The van der Waals surface area contributed by atoms with E-state index in [9.17, 15) is 4.79 Å². The van der Waals surface area contributed by atoms with E-state index in [1.54, 1.807) is 11.3 Å². The van der Waals surface area contributed by atoms with Crippen LogP contribution < -0.4 is 5.32 Å². The van der Waals surface area contributed by atoms with Gasteiger partial charge in [0.05, 0.1) is 13.0 Å². The molecular formula is C14H21NO2S. The maximum absolute atomic E-state index is 11.4. The Morgan fingerprint density at radius 2 is 2.17 bits per heavy atom. The van der Waals surface area contributed by atoms with Crippen molar-refractivity contribution < 1.29 is 9.53 Å². The summed E-state index contributed by atoms with van der Waals surface area (Å²) in [7, 11) is 1.48. The molecule has 0 bridgehead atoms. The first kappa shape index (κ1) is 13.6. The molecule has 1 aromatic rings. The zero-order valence-corrected chi connectivity index (χ0v) is 11.8. The number of carbonyl (C=O) groups is 1. The number of hydrogen-bond donors (Lipinski definition) is 1. The number of thiophene rings is 1. The van der Waals surface area contributed by atoms with E-state index in [0.717, 1.165) is 25.7 Å². The van der Waals surface area contributed by atoms with Gasteiger partial charge in [-0.2, -0.15) is 11.3 Å². The van der Waals surface area contributed by atoms with Crippen LogP contribution in [0.2, 0.25) is 0 Å². The lowest BCUT2D eigenvalue weighted by atomic mass is 9.85. The van der Waals surface area contributed by atoms with Gasteiger partial charge in [0.25, 0.3) is 0 Å². The largest absolute Gasteiger partial charge is 0.469 e. The second-order valence-corrected chi connectivity index (χ2v) is 5.80. The molecule has 0 aromatic carbocycles. The van der Waals surface area contributed by atoms with Crippen LogP contribution in [0, 0.1) is 5.92 Å². The number of rotatable bonds is 4. The number of nitrogens with one attached hydrogen (secondary N) is 1. The molecule has 1 aliphatic carbocycles. The standard InChI is InChI=1S/C14H21NO2S/c1-10(12-7-8-18-9-12)15-13-5-3-11(4-6-13)14(16)17-2/h7-11,13,15H,3-6H2,1-2H3. The molecular weight excluding hydrogens is 246 g/mol. The first-order valence-electron chi connectivity index (χ1n) is 6.56. The molecule has 1 atom stereocenters. The molecule has 0 spiro atoms. The van der Waals surface area contributed by atoms with E-state index in [1.807, 2.05) is 0 Å². The van der Waals surface area contributed by atoms with Crippen molar-refractivity contribution in [2.45, 2.75) is 44.7 Å². The zero-order valence-electron chi connectivity index (χ0n) is 11.0. The molecule has 1 heterocycles. The van der Waals surface area contributed by atoms with Crippen LogP contribution in [0.1, 0.15) is 44.2 Å². The van der Waals surface area contributed by atoms with E-state index in [2.05, 4.69) is 29.1 Å². The first-order valence-corrected chi connectivity index (χ1v) is 7.51. The van der Waals surface area contributed by atoms with Gasteiger partial charge in [0.15, 0.2) is 0 Å². The normalized spacial score (nSPS) is 25.7. The molecule has 100 valence electrons. The lowest BCUT2D eigenvalue weighted by Crippen LogP contribution is -2.36. The van der Waals surface area contributed by atoms with Gasteiger partial charge in [-0.3, -0.25) is 4.79 Å². The Balaban J connectivity index is 1.78. The summed E-state index contributed by atoms with van der Waals surface area (Å²) < 4.78 is 4.81. The minimum Gasteiger partial charge on any atom is -0.469 e. The Hall–Kier alpha value is -0.870. The van der Waals surface area contributed by atoms with Crippen molar-refractivity contribution in [3.8, 4) is 0 Å². The van der Waals surface area contributed by atoms with Crippen LogP contribution in [-0.2, 0) is 9.53 Å². The summed E-state index contributed by atoms with van der Waals surface area (Å²) in [5, 5.41) is 7.96. The van der Waals surface area contributed by atoms with Crippen LogP contribution in [0.4, 0.5) is 0 Å². The van der Waals surface area contributed by atoms with Gasteiger partial charge in [-0.1, -0.05) is 0 Å². The van der Waals surface area contributed by atoms with E-state index in [4.69, 9.17) is 4.74 Å². The fourth-order valence-corrected chi connectivity index (χ4v) is 3.39. The monoisotopic (exact) mass is 267 g/mol. The summed E-state index contributed by atoms with van der Waals surface area (Å²) >= 11 is 1.74. The van der Waals surface area contributed by atoms with Crippen molar-refractivity contribution in [3.05, 3.63) is 22.4 Å². The topological polar surface area (TPSA) is 38.3 Å². The van der Waals surface area contributed by atoms with Crippen molar-refractivity contribution in [2.24, 2.45) is 5.92 Å². The van der Waals surface area contributed by atoms with Crippen molar-refractivity contribution in [3.63, 3.8) is 0 Å². The molecule has 1 saturated carbocycles. The average molecular weight is 267 g/mol. The van der Waals surface area contributed by atoms with E-state index in [0.29, 0.717) is 12.1 Å². The van der Waals surface area contributed by atoms with Gasteiger partial charge >= 0.3 is 5.97 Å². The van der Waals surface area contributed by atoms with Gasteiger partial charge in [0.1, 0.15) is 0 Å². The van der Waals surface area contributed by atoms with Gasteiger partial charge < -0.3 is 10.1 Å². The smallest absolute Gasteiger partial charge is 0.308 e. The van der Waals surface area contributed by atoms with Crippen LogP contribution in [-0.4, -0.2) is 19.1 Å². The highest BCUT2D eigenvalue weighted by molar-refractivity contribution is 7.07. The second-order valence-electron chi connectivity index (χ2n) is 5.02. The molecule has 1 aliphatic rings. The summed E-state index contributed by atoms with van der Waals surface area (Å²) in [4.78, 5) is 11.4. The van der Waals surface area contributed by atoms with Crippen molar-refractivity contribution in [1.82, 2.24) is 5.32 Å². The van der Waals surface area contributed by atoms with Gasteiger partial charge in [0.2, 0.25) is 0 Å². The number of ether oxygens (including phenoxy) is 1. The van der Waals surface area contributed by atoms with Crippen LogP contribution in [0.3, 0.4) is 0 Å². The van der Waals surface area contributed by atoms with E-state index in [1.165, 1.54) is 12.7 Å².